The van der Waals surface area contributed by atoms with Gasteiger partial charge in [0.1, 0.15) is 16.0 Å². The molecule has 0 fully saturated rings. The molecule has 3 rings (SSSR count). The van der Waals surface area contributed by atoms with E-state index in [0.717, 1.165) is 5.75 Å². The first-order chi connectivity index (χ1) is 12.3. The van der Waals surface area contributed by atoms with E-state index in [0.29, 0.717) is 33.9 Å². The number of nitrogens with one attached hydrogen (secondary N) is 1. The quantitative estimate of drug-likeness (QED) is 0.408. The van der Waals surface area contributed by atoms with E-state index in [2.05, 4.69) is 61.9 Å². The van der Waals surface area contributed by atoms with Crippen LogP contribution in [0.1, 0.15) is 10.4 Å². The number of halogens is 1. The first kappa shape index (κ1) is 19.1. The molecule has 0 atom stereocenters. The Morgan fingerprint density at radius 2 is 2.19 bits per heavy atom. The summed E-state index contributed by atoms with van der Waals surface area (Å²) >= 11 is 2.09. The third-order valence-corrected chi connectivity index (χ3v) is 5.74. The Labute approximate surface area is 166 Å². The van der Waals surface area contributed by atoms with Crippen molar-refractivity contribution in [2.24, 2.45) is 0 Å². The van der Waals surface area contributed by atoms with Crippen LogP contribution in [0.5, 0.6) is 0 Å². The smallest absolute Gasteiger partial charge is 0.261 e. The number of hydrogen-bond donors (Lipinski definition) is 1. The fourth-order valence-electron chi connectivity index (χ4n) is 2.19. The first-order valence-electron chi connectivity index (χ1n) is 7.90. The average molecular weight is 488 g/mol. The van der Waals surface area contributed by atoms with Crippen LogP contribution in [0.4, 0.5) is 5.69 Å². The number of carbonyl (C=O) groups is 1. The molecule has 0 saturated heterocycles. The van der Waals surface area contributed by atoms with Gasteiger partial charge in [-0.1, -0.05) is 0 Å². The van der Waals surface area contributed by atoms with Crippen LogP contribution in [0.2, 0.25) is 0 Å². The molecule has 1 amide bonds. The number of anilines is 1. The van der Waals surface area contributed by atoms with Crippen LogP contribution >= 0.6 is 32.6 Å². The summed E-state index contributed by atoms with van der Waals surface area (Å²) in [7, 11) is -0.567. The topological polar surface area (TPSA) is 86.3 Å². The highest BCUT2D eigenvalue weighted by Crippen LogP contribution is 2.33. The summed E-state index contributed by atoms with van der Waals surface area (Å²) in [6.45, 7) is 1.06. The molecule has 10 heteroatoms. The van der Waals surface area contributed by atoms with Gasteiger partial charge in [0.15, 0.2) is 5.65 Å². The van der Waals surface area contributed by atoms with Crippen molar-refractivity contribution >= 4 is 49.9 Å². The van der Waals surface area contributed by atoms with E-state index in [1.165, 1.54) is 6.20 Å². The van der Waals surface area contributed by atoms with Crippen molar-refractivity contribution in [3.63, 3.8) is 0 Å². The van der Waals surface area contributed by atoms with Crippen LogP contribution < -0.4 is 5.32 Å². The zero-order valence-corrected chi connectivity index (χ0v) is 17.8. The van der Waals surface area contributed by atoms with Crippen LogP contribution in [-0.2, 0) is 11.5 Å². The lowest BCUT2D eigenvalue weighted by atomic mass is 10.3. The van der Waals surface area contributed by atoms with Gasteiger partial charge < -0.3 is 10.1 Å². The second-order valence-corrected chi connectivity index (χ2v) is 12.2. The Morgan fingerprint density at radius 1 is 1.38 bits per heavy atom. The molecule has 0 spiro atoms. The Bertz CT molecular complexity index is 917. The van der Waals surface area contributed by atoms with Gasteiger partial charge in [0, 0.05) is 18.1 Å². The van der Waals surface area contributed by atoms with Crippen molar-refractivity contribution in [2.75, 3.05) is 36.4 Å². The molecule has 8 nitrogen and oxygen atoms in total. The van der Waals surface area contributed by atoms with E-state index >= 15 is 0 Å². The molecule has 3 aromatic heterocycles. The normalized spacial score (nSPS) is 12.5. The molecule has 140 valence electrons. The van der Waals surface area contributed by atoms with E-state index in [1.54, 1.807) is 33.9 Å². The molecular formula is C16H21IN6O2S. The van der Waals surface area contributed by atoms with Gasteiger partial charge in [-0.15, -0.1) is 0 Å². The van der Waals surface area contributed by atoms with Gasteiger partial charge in [0.2, 0.25) is 0 Å². The van der Waals surface area contributed by atoms with Crippen molar-refractivity contribution in [3.05, 3.63) is 40.1 Å². The average Bonchev–Trinajstić information content (AvgIpc) is 3.15. The molecule has 0 aromatic carbocycles. The van der Waals surface area contributed by atoms with E-state index in [1.807, 2.05) is 0 Å². The summed E-state index contributed by atoms with van der Waals surface area (Å²) in [4.78, 5) is 16.7. The van der Waals surface area contributed by atoms with Crippen LogP contribution in [0.3, 0.4) is 0 Å². The second-order valence-electron chi connectivity index (χ2n) is 6.61. The number of ether oxygens (including phenoxy) is 1. The Kier molecular flexibility index (Phi) is 5.82. The van der Waals surface area contributed by atoms with Crippen LogP contribution in [-0.4, -0.2) is 61.4 Å². The SMILES string of the molecule is CS(C)(C)CCOCn1cc(NC(=O)c2cnn3cccnc23)c(I)n1. The number of hydrogen-bond acceptors (Lipinski definition) is 5. The lowest BCUT2D eigenvalue weighted by molar-refractivity contribution is 0.0807. The maximum atomic E-state index is 12.5. The Balaban J connectivity index is 1.63. The summed E-state index contributed by atoms with van der Waals surface area (Å²) < 4.78 is 9.63. The van der Waals surface area contributed by atoms with E-state index < -0.39 is 10.0 Å². The number of rotatable bonds is 7. The molecule has 0 aliphatic carbocycles. The molecule has 3 heterocycles. The van der Waals surface area contributed by atoms with Crippen LogP contribution in [0.25, 0.3) is 5.65 Å². The predicted molar refractivity (Wildman–Crippen MR) is 112 cm³/mol. The van der Waals surface area contributed by atoms with Crippen LogP contribution in [0, 0.1) is 3.70 Å². The number of carbonyl (C=O) groups excluding carboxylic acids is 1. The van der Waals surface area contributed by atoms with E-state index in [-0.39, 0.29) is 5.91 Å². The van der Waals surface area contributed by atoms with Crippen molar-refractivity contribution in [1.29, 1.82) is 0 Å². The summed E-state index contributed by atoms with van der Waals surface area (Å²) in [6, 6.07) is 1.76. The molecule has 3 aromatic rings. The fraction of sp³-hybridized carbons (Fsp3) is 0.375. The Morgan fingerprint density at radius 3 is 2.96 bits per heavy atom. The fourth-order valence-corrected chi connectivity index (χ4v) is 3.36. The molecule has 0 aliphatic rings. The molecule has 0 radical (unpaired) electrons. The third kappa shape index (κ3) is 4.74. The largest absolute Gasteiger partial charge is 0.358 e. The van der Waals surface area contributed by atoms with Crippen molar-refractivity contribution in [3.8, 4) is 0 Å². The minimum Gasteiger partial charge on any atom is -0.358 e. The zero-order chi connectivity index (χ0) is 18.7. The maximum absolute atomic E-state index is 12.5. The lowest BCUT2D eigenvalue weighted by Crippen LogP contribution is -2.12. The predicted octanol–water partition coefficient (Wildman–Crippen LogP) is 2.45. The van der Waals surface area contributed by atoms with Gasteiger partial charge in [-0.05, 0) is 47.4 Å². The summed E-state index contributed by atoms with van der Waals surface area (Å²) in [6.07, 6.45) is 13.4. The maximum Gasteiger partial charge on any atom is 0.261 e. The summed E-state index contributed by atoms with van der Waals surface area (Å²) in [5.41, 5.74) is 1.56. The highest BCUT2D eigenvalue weighted by molar-refractivity contribution is 14.1. The number of amides is 1. The Hall–Kier alpha value is -1.66. The second kappa shape index (κ2) is 7.92. The highest BCUT2D eigenvalue weighted by atomic mass is 127. The standard InChI is InChI=1S/C16H21IN6O2S/c1-26(2,3)8-7-25-11-22-10-13(14(17)21-22)20-16(24)12-9-19-23-6-4-5-18-15(12)23/h4-6,9-10H,7-8,11H2,1-3H3,(H,20,24). The number of nitrogens with zero attached hydrogens (tertiary/aromatic N) is 5. The van der Waals surface area contributed by atoms with Gasteiger partial charge in [-0.3, -0.25) is 4.79 Å². The van der Waals surface area contributed by atoms with Gasteiger partial charge in [-0.2, -0.15) is 10.2 Å². The van der Waals surface area contributed by atoms with Gasteiger partial charge in [0.25, 0.3) is 5.91 Å². The van der Waals surface area contributed by atoms with Crippen molar-refractivity contribution in [1.82, 2.24) is 24.4 Å². The zero-order valence-electron chi connectivity index (χ0n) is 14.8. The monoisotopic (exact) mass is 488 g/mol. The van der Waals surface area contributed by atoms with Gasteiger partial charge in [0.05, 0.1) is 24.7 Å². The molecule has 0 bridgehead atoms. The van der Waals surface area contributed by atoms with E-state index in [4.69, 9.17) is 4.74 Å². The molecule has 0 aliphatic heterocycles. The summed E-state index contributed by atoms with van der Waals surface area (Å²) in [5, 5.41) is 11.4. The molecule has 26 heavy (non-hydrogen) atoms. The summed E-state index contributed by atoms with van der Waals surface area (Å²) in [5.74, 6) is 0.782. The first-order valence-corrected chi connectivity index (χ1v) is 12.0. The highest BCUT2D eigenvalue weighted by Gasteiger charge is 2.16. The van der Waals surface area contributed by atoms with Crippen molar-refractivity contribution in [2.45, 2.75) is 6.73 Å². The number of aromatic nitrogens is 5. The van der Waals surface area contributed by atoms with Crippen molar-refractivity contribution < 1.29 is 9.53 Å². The molecule has 1 N–H and O–H groups in total. The molecular weight excluding hydrogens is 467 g/mol. The minimum absolute atomic E-state index is 0.270. The number of fused-ring (bicyclic) bond motifs is 1. The van der Waals surface area contributed by atoms with Gasteiger partial charge in [-0.25, -0.2) is 24.2 Å². The molecule has 0 unspecified atom stereocenters. The van der Waals surface area contributed by atoms with Crippen LogP contribution in [0.15, 0.2) is 30.9 Å². The van der Waals surface area contributed by atoms with E-state index in [9.17, 15) is 4.79 Å². The molecule has 0 saturated carbocycles. The minimum atomic E-state index is -0.567. The lowest BCUT2D eigenvalue weighted by Gasteiger charge is -2.24. The van der Waals surface area contributed by atoms with Gasteiger partial charge >= 0.3 is 0 Å². The third-order valence-electron chi connectivity index (χ3n) is 3.55.